The molecule has 346 valence electrons. The smallest absolute Gasteiger partial charge is 0.411 e. The standard InChI is InChI=1S/C41H51F3N4O15/c1-10-25(51)60-28-26-18(2)22(59-34(55)27(52)30(41(42,43)44)46-35(56)63-36(4,5)6)16-40(57,37(26,7)8)32(61-33(54)20-12-11-13-21(14-20)47-48-45)29-38(9,31(28)53)23(50)15-24-39(29,17-58-24)62-19(3)49/h11-14,22-24,27-30,32,50,52,57H,10,15-17H2,1-9H3,(H,46,56)/t22-,23-,24+,27+,28+,29?,30+,32?,38+,39-,40+/m0/s1. The summed E-state index contributed by atoms with van der Waals surface area (Å²) >= 11 is 0. The van der Waals surface area contributed by atoms with Gasteiger partial charge in [0.25, 0.3) is 0 Å². The number of esters is 4. The van der Waals surface area contributed by atoms with Crippen LogP contribution in [0, 0.1) is 16.7 Å². The number of azide groups is 1. The van der Waals surface area contributed by atoms with Gasteiger partial charge in [-0.15, -0.1) is 0 Å². The number of ether oxygens (including phenoxy) is 6. The van der Waals surface area contributed by atoms with Crippen molar-refractivity contribution in [2.24, 2.45) is 21.9 Å². The van der Waals surface area contributed by atoms with E-state index < -0.39 is 131 Å². The average molecular weight is 897 g/mol. The first-order chi connectivity index (χ1) is 29.0. The lowest BCUT2D eigenvalue weighted by Gasteiger charge is -2.67. The molecule has 3 fully saturated rings. The maximum atomic E-state index is 15.5. The van der Waals surface area contributed by atoms with Gasteiger partial charge in [-0.1, -0.05) is 38.0 Å². The molecule has 63 heavy (non-hydrogen) atoms. The molecular weight excluding hydrogens is 845 g/mol. The van der Waals surface area contributed by atoms with E-state index in [-0.39, 0.29) is 35.2 Å². The number of hydrogen-bond donors (Lipinski definition) is 4. The molecule has 1 heterocycles. The number of alkyl halides is 3. The molecular formula is C41H51F3N4O15. The second-order valence-electron chi connectivity index (χ2n) is 17.9. The topological polar surface area (TPSA) is 279 Å². The number of fused-ring (bicyclic) bond motifs is 5. The van der Waals surface area contributed by atoms with Crippen LogP contribution in [0.4, 0.5) is 23.7 Å². The van der Waals surface area contributed by atoms with Gasteiger partial charge >= 0.3 is 36.1 Å². The molecule has 19 nitrogen and oxygen atoms in total. The normalized spacial score (nSPS) is 32.0. The number of ketones is 1. The fraction of sp³-hybridized carbons (Fsp3) is 0.659. The summed E-state index contributed by atoms with van der Waals surface area (Å²) in [5.41, 5.74) is -1.75. The number of nitrogens with one attached hydrogen (secondary N) is 1. The third-order valence-electron chi connectivity index (χ3n) is 12.5. The molecule has 11 atom stereocenters. The number of carbonyl (C=O) groups excluding carboxylic acids is 6. The number of rotatable bonds is 10. The first-order valence-corrected chi connectivity index (χ1v) is 20.0. The molecule has 1 aliphatic heterocycles. The minimum absolute atomic E-state index is 0.0384. The Labute approximate surface area is 359 Å². The highest BCUT2D eigenvalue weighted by Crippen LogP contribution is 2.64. The number of carbonyl (C=O) groups is 6. The minimum atomic E-state index is -5.47. The fourth-order valence-electron chi connectivity index (χ4n) is 9.36. The third-order valence-corrected chi connectivity index (χ3v) is 12.5. The molecule has 4 aliphatic rings. The van der Waals surface area contributed by atoms with E-state index in [2.05, 4.69) is 10.0 Å². The molecule has 0 radical (unpaired) electrons. The van der Waals surface area contributed by atoms with E-state index in [4.69, 9.17) is 34.0 Å². The molecule has 2 saturated carbocycles. The highest BCUT2D eigenvalue weighted by molar-refractivity contribution is 5.96. The number of Topliss-reactive ketones (excluding diaryl/α,β-unsaturated/α-hetero) is 1. The van der Waals surface area contributed by atoms with Crippen molar-refractivity contribution in [3.8, 4) is 0 Å². The van der Waals surface area contributed by atoms with Crippen LogP contribution in [0.5, 0.6) is 0 Å². The number of aliphatic hydroxyl groups is 3. The fourth-order valence-corrected chi connectivity index (χ4v) is 9.36. The Morgan fingerprint density at radius 2 is 1.75 bits per heavy atom. The zero-order chi connectivity index (χ0) is 47.4. The molecule has 1 amide bonds. The molecule has 2 bridgehead atoms. The second kappa shape index (κ2) is 17.0. The van der Waals surface area contributed by atoms with Gasteiger partial charge in [-0.2, -0.15) is 13.2 Å². The van der Waals surface area contributed by atoms with Gasteiger partial charge < -0.3 is 49.1 Å². The van der Waals surface area contributed by atoms with Gasteiger partial charge in [0, 0.05) is 42.2 Å². The van der Waals surface area contributed by atoms with E-state index in [1.54, 1.807) is 0 Å². The Hall–Kier alpha value is -5.28. The summed E-state index contributed by atoms with van der Waals surface area (Å²) in [4.78, 5) is 84.8. The van der Waals surface area contributed by atoms with E-state index >= 15 is 4.79 Å². The number of benzene rings is 1. The molecule has 5 rings (SSSR count). The number of amides is 1. The average Bonchev–Trinajstić information content (AvgIpc) is 3.16. The summed E-state index contributed by atoms with van der Waals surface area (Å²) in [5.74, 6) is -7.89. The molecule has 0 aromatic heterocycles. The van der Waals surface area contributed by atoms with Gasteiger partial charge in [-0.05, 0) is 63.4 Å². The maximum absolute atomic E-state index is 15.5. The quantitative estimate of drug-likeness (QED) is 0.0634. The first-order valence-electron chi connectivity index (χ1n) is 20.0. The number of alkyl carbamates (subject to hydrolysis) is 1. The van der Waals surface area contributed by atoms with Gasteiger partial charge in [-0.3, -0.25) is 14.4 Å². The molecule has 22 heteroatoms. The maximum Gasteiger partial charge on any atom is 0.411 e. The Morgan fingerprint density at radius 1 is 1.10 bits per heavy atom. The lowest BCUT2D eigenvalue weighted by atomic mass is 9.44. The predicted molar refractivity (Wildman–Crippen MR) is 207 cm³/mol. The summed E-state index contributed by atoms with van der Waals surface area (Å²) in [6.45, 7) is 11.3. The summed E-state index contributed by atoms with van der Waals surface area (Å²) in [6.07, 6.45) is -20.8. The number of hydrogen-bond acceptors (Lipinski definition) is 16. The van der Waals surface area contributed by atoms with Gasteiger partial charge in [0.15, 0.2) is 29.6 Å². The van der Waals surface area contributed by atoms with E-state index in [9.17, 15) is 52.5 Å². The molecule has 2 unspecified atom stereocenters. The molecule has 0 spiro atoms. The zero-order valence-corrected chi connectivity index (χ0v) is 36.0. The van der Waals surface area contributed by atoms with E-state index in [1.807, 2.05) is 0 Å². The van der Waals surface area contributed by atoms with Crippen LogP contribution in [-0.2, 0) is 47.6 Å². The monoisotopic (exact) mass is 896 g/mol. The van der Waals surface area contributed by atoms with E-state index in [0.29, 0.717) is 0 Å². The van der Waals surface area contributed by atoms with Crippen molar-refractivity contribution in [1.82, 2.24) is 5.32 Å². The SMILES string of the molecule is CCC(=O)O[C@H]1C(=O)[C@@]2(C)C(C(OC(=O)c3cccc(N=[N+]=[N-])c3)[C@]3(O)C[C@H](OC(=O)[C@H](O)[C@@H](NC(=O)OC(C)(C)C)C(F)(F)F)C(C)=C1C3(C)C)[C@]1(OC(C)=O)CO[C@@H]1C[C@@H]2O. The van der Waals surface area contributed by atoms with Crippen LogP contribution in [0.3, 0.4) is 0 Å². The highest BCUT2D eigenvalue weighted by atomic mass is 19.4. The Morgan fingerprint density at radius 3 is 2.29 bits per heavy atom. The van der Waals surface area contributed by atoms with Crippen molar-refractivity contribution >= 4 is 41.4 Å². The van der Waals surface area contributed by atoms with E-state index in [1.165, 1.54) is 78.9 Å². The Balaban J connectivity index is 1.77. The summed E-state index contributed by atoms with van der Waals surface area (Å²) in [5, 5.41) is 41.4. The summed E-state index contributed by atoms with van der Waals surface area (Å²) < 4.78 is 77.3. The van der Waals surface area contributed by atoms with Crippen LogP contribution in [-0.4, -0.2) is 123 Å². The Bertz CT molecular complexity index is 2130. The van der Waals surface area contributed by atoms with E-state index in [0.717, 1.165) is 13.0 Å². The summed E-state index contributed by atoms with van der Waals surface area (Å²) in [7, 11) is 0. The first kappa shape index (κ1) is 48.7. The van der Waals surface area contributed by atoms with Crippen LogP contribution in [0.1, 0.15) is 91.9 Å². The number of nitrogens with zero attached hydrogens (tertiary/aromatic N) is 3. The van der Waals surface area contributed by atoms with Crippen molar-refractivity contribution < 1.29 is 85.7 Å². The van der Waals surface area contributed by atoms with Gasteiger partial charge in [0.05, 0.1) is 29.6 Å². The van der Waals surface area contributed by atoms with Crippen LogP contribution >= 0.6 is 0 Å². The number of halogens is 3. The van der Waals surface area contributed by atoms with Crippen molar-refractivity contribution in [3.05, 3.63) is 51.4 Å². The zero-order valence-electron chi connectivity index (χ0n) is 36.0. The predicted octanol–water partition coefficient (Wildman–Crippen LogP) is 4.35. The molecule has 1 aromatic carbocycles. The van der Waals surface area contributed by atoms with Crippen LogP contribution < -0.4 is 5.32 Å². The van der Waals surface area contributed by atoms with Crippen LogP contribution in [0.25, 0.3) is 10.4 Å². The third kappa shape index (κ3) is 8.70. The van der Waals surface area contributed by atoms with Gasteiger partial charge in [-0.25, -0.2) is 14.4 Å². The molecule has 1 saturated heterocycles. The van der Waals surface area contributed by atoms with Crippen LogP contribution in [0.15, 0.2) is 40.5 Å². The van der Waals surface area contributed by atoms with Gasteiger partial charge in [0.1, 0.15) is 29.5 Å². The molecule has 3 aliphatic carbocycles. The van der Waals surface area contributed by atoms with Crippen molar-refractivity contribution in [2.75, 3.05) is 6.61 Å². The lowest BCUT2D eigenvalue weighted by Crippen LogP contribution is -2.82. The van der Waals surface area contributed by atoms with Crippen LogP contribution in [0.2, 0.25) is 0 Å². The Kier molecular flexibility index (Phi) is 13.2. The highest BCUT2D eigenvalue weighted by Gasteiger charge is 2.78. The summed E-state index contributed by atoms with van der Waals surface area (Å²) in [6, 6.07) is 1.82. The van der Waals surface area contributed by atoms with Crippen molar-refractivity contribution in [1.29, 1.82) is 0 Å². The lowest BCUT2D eigenvalue weighted by molar-refractivity contribution is -0.346. The molecule has 1 aromatic rings. The van der Waals surface area contributed by atoms with Crippen molar-refractivity contribution in [2.45, 2.75) is 147 Å². The largest absolute Gasteiger partial charge is 0.456 e. The molecule has 4 N–H and O–H groups in total. The van der Waals surface area contributed by atoms with Gasteiger partial charge in [0.2, 0.25) is 0 Å². The number of aliphatic hydroxyl groups excluding tert-OH is 2. The second-order valence-corrected chi connectivity index (χ2v) is 17.9. The van der Waals surface area contributed by atoms with Crippen molar-refractivity contribution in [3.63, 3.8) is 0 Å². The minimum Gasteiger partial charge on any atom is -0.456 e.